The van der Waals surface area contributed by atoms with Gasteiger partial charge in [0.2, 0.25) is 0 Å². The summed E-state index contributed by atoms with van der Waals surface area (Å²) in [5.41, 5.74) is 0.0562. The van der Waals surface area contributed by atoms with Gasteiger partial charge in [-0.15, -0.1) is 0 Å². The fourth-order valence-electron chi connectivity index (χ4n) is 6.21. The van der Waals surface area contributed by atoms with Crippen LogP contribution in [0.2, 0.25) is 0 Å². The van der Waals surface area contributed by atoms with E-state index in [4.69, 9.17) is 4.74 Å². The maximum atomic E-state index is 12.6. The van der Waals surface area contributed by atoms with Crippen molar-refractivity contribution in [2.45, 2.75) is 82.9 Å². The Bertz CT molecular complexity index is 519. The number of nitrogens with one attached hydrogen (secondary N) is 2. The lowest BCUT2D eigenvalue weighted by molar-refractivity contribution is -0.0137. The van der Waals surface area contributed by atoms with Crippen LogP contribution in [0.25, 0.3) is 0 Å². The Morgan fingerprint density at radius 3 is 2.04 bits per heavy atom. The van der Waals surface area contributed by atoms with Gasteiger partial charge in [0.25, 0.3) is 0 Å². The Labute approximate surface area is 156 Å². The number of carbonyl (C=O) groups is 2. The molecule has 0 aromatic rings. The summed E-state index contributed by atoms with van der Waals surface area (Å²) in [6.45, 7) is 5.02. The third-order valence-corrected chi connectivity index (χ3v) is 6.84. The molecule has 1 aliphatic heterocycles. The third-order valence-electron chi connectivity index (χ3n) is 6.84. The topological polar surface area (TPSA) is 70.7 Å². The SMILES string of the molecule is CC(C)OC(=O)N1CCC(NC(=O)NC23CC4CC(CC(C4)C2)C3)CC1. The zero-order chi connectivity index (χ0) is 18.3. The normalized spacial score (nSPS) is 36.3. The van der Waals surface area contributed by atoms with E-state index in [1.807, 2.05) is 13.8 Å². The molecule has 0 atom stereocenters. The summed E-state index contributed by atoms with van der Waals surface area (Å²) in [6, 6.07) is 0.141. The van der Waals surface area contributed by atoms with Crippen LogP contribution < -0.4 is 10.6 Å². The Hall–Kier alpha value is -1.46. The number of likely N-dealkylation sites (tertiary alicyclic amines) is 1. The minimum atomic E-state index is -0.239. The van der Waals surface area contributed by atoms with Gasteiger partial charge in [-0.25, -0.2) is 9.59 Å². The summed E-state index contributed by atoms with van der Waals surface area (Å²) in [7, 11) is 0. The molecule has 0 aromatic heterocycles. The van der Waals surface area contributed by atoms with Crippen LogP contribution in [0, 0.1) is 17.8 Å². The van der Waals surface area contributed by atoms with Gasteiger partial charge in [-0.2, -0.15) is 0 Å². The molecule has 5 aliphatic rings. The minimum Gasteiger partial charge on any atom is -0.447 e. The number of carbonyl (C=O) groups excluding carboxylic acids is 2. The Morgan fingerprint density at radius 1 is 1.00 bits per heavy atom. The van der Waals surface area contributed by atoms with Crippen molar-refractivity contribution in [1.82, 2.24) is 15.5 Å². The first-order valence-electron chi connectivity index (χ1n) is 10.4. The van der Waals surface area contributed by atoms with Gasteiger partial charge in [0.05, 0.1) is 6.10 Å². The van der Waals surface area contributed by atoms with Crippen molar-refractivity contribution in [3.8, 4) is 0 Å². The molecule has 1 saturated heterocycles. The summed E-state index contributed by atoms with van der Waals surface area (Å²) in [6.07, 6.45) is 8.92. The summed E-state index contributed by atoms with van der Waals surface area (Å²) in [5, 5.41) is 6.54. The summed E-state index contributed by atoms with van der Waals surface area (Å²) >= 11 is 0. The quantitative estimate of drug-likeness (QED) is 0.808. The summed E-state index contributed by atoms with van der Waals surface area (Å²) in [4.78, 5) is 26.3. The molecule has 0 radical (unpaired) electrons. The lowest BCUT2D eigenvalue weighted by Crippen LogP contribution is -2.62. The third kappa shape index (κ3) is 3.79. The fraction of sp³-hybridized carbons (Fsp3) is 0.900. The summed E-state index contributed by atoms with van der Waals surface area (Å²) < 4.78 is 5.25. The Morgan fingerprint density at radius 2 is 1.54 bits per heavy atom. The molecule has 4 bridgehead atoms. The predicted molar refractivity (Wildman–Crippen MR) is 98.8 cm³/mol. The highest BCUT2D eigenvalue weighted by Gasteiger charge is 2.51. The van der Waals surface area contributed by atoms with Gasteiger partial charge >= 0.3 is 12.1 Å². The molecule has 0 aromatic carbocycles. The number of hydrogen-bond donors (Lipinski definition) is 2. The first kappa shape index (κ1) is 17.9. The second-order valence-corrected chi connectivity index (χ2v) is 9.49. The molecule has 0 spiro atoms. The highest BCUT2D eigenvalue weighted by Crippen LogP contribution is 2.55. The number of urea groups is 1. The molecular formula is C20H33N3O3. The van der Waals surface area contributed by atoms with Gasteiger partial charge in [-0.3, -0.25) is 0 Å². The molecule has 4 saturated carbocycles. The first-order valence-corrected chi connectivity index (χ1v) is 10.4. The first-order chi connectivity index (χ1) is 12.4. The highest BCUT2D eigenvalue weighted by atomic mass is 16.6. The van der Waals surface area contributed by atoms with Gasteiger partial charge < -0.3 is 20.3 Å². The highest BCUT2D eigenvalue weighted by molar-refractivity contribution is 5.75. The summed E-state index contributed by atoms with van der Waals surface area (Å²) in [5.74, 6) is 2.49. The predicted octanol–water partition coefficient (Wildman–Crippen LogP) is 3.26. The lowest BCUT2D eigenvalue weighted by atomic mass is 9.53. The van der Waals surface area contributed by atoms with Crippen LogP contribution in [0.5, 0.6) is 0 Å². The van der Waals surface area contributed by atoms with E-state index in [1.165, 1.54) is 38.5 Å². The second kappa shape index (κ2) is 6.93. The van der Waals surface area contributed by atoms with E-state index in [-0.39, 0.29) is 29.8 Å². The van der Waals surface area contributed by atoms with Gasteiger partial charge in [-0.05, 0) is 83.0 Å². The molecule has 146 valence electrons. The van der Waals surface area contributed by atoms with Crippen LogP contribution in [0.3, 0.4) is 0 Å². The van der Waals surface area contributed by atoms with E-state index in [2.05, 4.69) is 10.6 Å². The van der Waals surface area contributed by atoms with E-state index >= 15 is 0 Å². The van der Waals surface area contributed by atoms with Crippen molar-refractivity contribution in [3.05, 3.63) is 0 Å². The number of ether oxygens (including phenoxy) is 1. The van der Waals surface area contributed by atoms with E-state index in [1.54, 1.807) is 4.90 Å². The molecular weight excluding hydrogens is 330 g/mol. The molecule has 5 rings (SSSR count). The zero-order valence-electron chi connectivity index (χ0n) is 16.1. The molecule has 0 unspecified atom stereocenters. The maximum Gasteiger partial charge on any atom is 0.410 e. The van der Waals surface area contributed by atoms with Crippen LogP contribution in [0.1, 0.15) is 65.2 Å². The molecule has 1 heterocycles. The van der Waals surface area contributed by atoms with Crippen molar-refractivity contribution in [2.75, 3.05) is 13.1 Å². The van der Waals surface area contributed by atoms with Crippen LogP contribution in [-0.4, -0.2) is 47.8 Å². The van der Waals surface area contributed by atoms with E-state index in [0.29, 0.717) is 13.1 Å². The van der Waals surface area contributed by atoms with Gasteiger partial charge in [0, 0.05) is 24.7 Å². The molecule has 6 nitrogen and oxygen atoms in total. The van der Waals surface area contributed by atoms with Crippen molar-refractivity contribution in [3.63, 3.8) is 0 Å². The lowest BCUT2D eigenvalue weighted by Gasteiger charge is -2.56. The van der Waals surface area contributed by atoms with Crippen LogP contribution in [0.15, 0.2) is 0 Å². The monoisotopic (exact) mass is 363 g/mol. The molecule has 6 heteroatoms. The van der Waals surface area contributed by atoms with Gasteiger partial charge in [-0.1, -0.05) is 0 Å². The zero-order valence-corrected chi connectivity index (χ0v) is 16.1. The van der Waals surface area contributed by atoms with Crippen LogP contribution >= 0.6 is 0 Å². The molecule has 4 aliphatic carbocycles. The van der Waals surface area contributed by atoms with Crippen LogP contribution in [-0.2, 0) is 4.74 Å². The minimum absolute atomic E-state index is 0.00448. The van der Waals surface area contributed by atoms with E-state index < -0.39 is 0 Å². The largest absolute Gasteiger partial charge is 0.447 e. The second-order valence-electron chi connectivity index (χ2n) is 9.49. The Balaban J connectivity index is 1.24. The molecule has 3 amide bonds. The van der Waals surface area contributed by atoms with Crippen molar-refractivity contribution >= 4 is 12.1 Å². The average molecular weight is 364 g/mol. The average Bonchev–Trinajstić information content (AvgIpc) is 2.52. The molecule has 26 heavy (non-hydrogen) atoms. The molecule has 5 fully saturated rings. The number of hydrogen-bond acceptors (Lipinski definition) is 3. The van der Waals surface area contributed by atoms with Crippen LogP contribution in [0.4, 0.5) is 9.59 Å². The van der Waals surface area contributed by atoms with Crippen molar-refractivity contribution < 1.29 is 14.3 Å². The van der Waals surface area contributed by atoms with Crippen molar-refractivity contribution in [2.24, 2.45) is 17.8 Å². The maximum absolute atomic E-state index is 12.6. The van der Waals surface area contributed by atoms with E-state index in [9.17, 15) is 9.59 Å². The molecule has 2 N–H and O–H groups in total. The van der Waals surface area contributed by atoms with Gasteiger partial charge in [0.1, 0.15) is 0 Å². The Kier molecular flexibility index (Phi) is 4.78. The number of piperidine rings is 1. The smallest absolute Gasteiger partial charge is 0.410 e. The number of rotatable bonds is 3. The number of amides is 3. The van der Waals surface area contributed by atoms with Gasteiger partial charge in [0.15, 0.2) is 0 Å². The van der Waals surface area contributed by atoms with Crippen molar-refractivity contribution in [1.29, 1.82) is 0 Å². The number of nitrogens with zero attached hydrogens (tertiary/aromatic N) is 1. The standard InChI is InChI=1S/C20H33N3O3/c1-13(2)26-19(25)23-5-3-17(4-6-23)21-18(24)22-20-10-14-7-15(11-20)9-16(8-14)12-20/h13-17H,3-12H2,1-2H3,(H2,21,22,24). The van der Waals surface area contributed by atoms with E-state index in [0.717, 1.165) is 30.6 Å². The fourth-order valence-corrected chi connectivity index (χ4v) is 6.21.